The van der Waals surface area contributed by atoms with Crippen LogP contribution < -0.4 is 5.73 Å². The predicted molar refractivity (Wildman–Crippen MR) is 67.4 cm³/mol. The molecule has 3 atom stereocenters. The Morgan fingerprint density at radius 1 is 1.29 bits per heavy atom. The summed E-state index contributed by atoms with van der Waals surface area (Å²) in [6.07, 6.45) is 4.54. The summed E-state index contributed by atoms with van der Waals surface area (Å²) < 4.78 is 13.6. The highest BCUT2D eigenvalue weighted by Crippen LogP contribution is 2.55. The summed E-state index contributed by atoms with van der Waals surface area (Å²) in [5.41, 5.74) is 6.90. The Kier molecular flexibility index (Phi) is 2.87. The molecule has 2 aliphatic carbocycles. The van der Waals surface area contributed by atoms with Crippen molar-refractivity contribution in [1.29, 1.82) is 0 Å². The van der Waals surface area contributed by atoms with Crippen LogP contribution in [0.2, 0.25) is 5.02 Å². The van der Waals surface area contributed by atoms with Crippen LogP contribution >= 0.6 is 11.6 Å². The minimum atomic E-state index is -0.226. The lowest BCUT2D eigenvalue weighted by Crippen LogP contribution is -2.31. The molecule has 0 aliphatic heterocycles. The molecule has 2 aliphatic rings. The second kappa shape index (κ2) is 4.25. The topological polar surface area (TPSA) is 26.0 Å². The van der Waals surface area contributed by atoms with Gasteiger partial charge in [0.25, 0.3) is 0 Å². The highest BCUT2D eigenvalue weighted by Gasteiger charge is 2.47. The van der Waals surface area contributed by atoms with Gasteiger partial charge in [-0.25, -0.2) is 4.39 Å². The number of hydrogen-bond acceptors (Lipinski definition) is 1. The van der Waals surface area contributed by atoms with Gasteiger partial charge in [0, 0.05) is 11.1 Å². The Labute approximate surface area is 106 Å². The Hall–Kier alpha value is -0.600. The monoisotopic (exact) mass is 253 g/mol. The van der Waals surface area contributed by atoms with Crippen LogP contribution in [0.25, 0.3) is 0 Å². The highest BCUT2D eigenvalue weighted by molar-refractivity contribution is 6.30. The van der Waals surface area contributed by atoms with Crippen LogP contribution in [0.4, 0.5) is 4.39 Å². The standard InChI is InChI=1S/C14H17ClFN/c15-12-2-1-8(13(16)7-12)6-14(17)11-4-9-3-10(9)5-11/h1-2,7,9-11,14H,3-6,17H2. The van der Waals surface area contributed by atoms with E-state index in [2.05, 4.69) is 0 Å². The van der Waals surface area contributed by atoms with Gasteiger partial charge in [-0.15, -0.1) is 0 Å². The van der Waals surface area contributed by atoms with E-state index >= 15 is 0 Å². The molecule has 0 radical (unpaired) electrons. The van der Waals surface area contributed by atoms with Crippen molar-refractivity contribution in [2.45, 2.75) is 31.7 Å². The lowest BCUT2D eigenvalue weighted by Gasteiger charge is -2.20. The summed E-state index contributed by atoms with van der Waals surface area (Å²) in [6.45, 7) is 0. The van der Waals surface area contributed by atoms with E-state index in [1.165, 1.54) is 25.3 Å². The fourth-order valence-corrected chi connectivity index (χ4v) is 3.38. The fourth-order valence-electron chi connectivity index (χ4n) is 3.22. The molecular weight excluding hydrogens is 237 g/mol. The fraction of sp³-hybridized carbons (Fsp3) is 0.571. The van der Waals surface area contributed by atoms with E-state index in [-0.39, 0.29) is 11.9 Å². The minimum Gasteiger partial charge on any atom is -0.327 e. The Bertz CT molecular complexity index is 424. The third-order valence-electron chi connectivity index (χ3n) is 4.36. The van der Waals surface area contributed by atoms with E-state index in [0.29, 0.717) is 22.9 Å². The molecule has 0 amide bonds. The van der Waals surface area contributed by atoms with E-state index in [1.54, 1.807) is 12.1 Å². The van der Waals surface area contributed by atoms with E-state index in [0.717, 1.165) is 11.8 Å². The largest absolute Gasteiger partial charge is 0.327 e. The molecule has 0 bridgehead atoms. The zero-order valence-corrected chi connectivity index (χ0v) is 10.5. The zero-order valence-electron chi connectivity index (χ0n) is 9.70. The predicted octanol–water partition coefficient (Wildman–Crippen LogP) is 3.40. The van der Waals surface area contributed by atoms with Crippen molar-refractivity contribution in [2.24, 2.45) is 23.5 Å². The number of nitrogens with two attached hydrogens (primary N) is 1. The molecule has 3 rings (SSSR count). The summed E-state index contributed by atoms with van der Waals surface area (Å²) >= 11 is 5.73. The van der Waals surface area contributed by atoms with Crippen LogP contribution in [0, 0.1) is 23.6 Å². The van der Waals surface area contributed by atoms with Crippen molar-refractivity contribution in [1.82, 2.24) is 0 Å². The second-order valence-corrected chi connectivity index (χ2v) is 6.03. The van der Waals surface area contributed by atoms with Gasteiger partial charge in [-0.05, 0) is 61.1 Å². The lowest BCUT2D eigenvalue weighted by molar-refractivity contribution is 0.389. The van der Waals surface area contributed by atoms with E-state index in [1.807, 2.05) is 0 Å². The zero-order chi connectivity index (χ0) is 12.0. The van der Waals surface area contributed by atoms with Crippen molar-refractivity contribution in [2.75, 3.05) is 0 Å². The van der Waals surface area contributed by atoms with Gasteiger partial charge in [-0.3, -0.25) is 0 Å². The highest BCUT2D eigenvalue weighted by atomic mass is 35.5. The first kappa shape index (κ1) is 11.5. The van der Waals surface area contributed by atoms with Gasteiger partial charge in [-0.2, -0.15) is 0 Å². The maximum absolute atomic E-state index is 13.6. The average Bonchev–Trinajstić information content (AvgIpc) is 2.89. The maximum Gasteiger partial charge on any atom is 0.127 e. The number of hydrogen-bond donors (Lipinski definition) is 1. The molecule has 17 heavy (non-hydrogen) atoms. The third-order valence-corrected chi connectivity index (χ3v) is 4.59. The van der Waals surface area contributed by atoms with E-state index in [4.69, 9.17) is 17.3 Å². The van der Waals surface area contributed by atoms with Gasteiger partial charge in [0.05, 0.1) is 0 Å². The van der Waals surface area contributed by atoms with Crippen LogP contribution in [-0.4, -0.2) is 6.04 Å². The molecule has 0 saturated heterocycles. The maximum atomic E-state index is 13.6. The summed E-state index contributed by atoms with van der Waals surface area (Å²) in [7, 11) is 0. The number of fused-ring (bicyclic) bond motifs is 1. The summed E-state index contributed by atoms with van der Waals surface area (Å²) in [5, 5.41) is 0.446. The molecule has 0 spiro atoms. The Balaban J connectivity index is 1.65. The molecule has 2 fully saturated rings. The first-order chi connectivity index (χ1) is 8.13. The first-order valence-corrected chi connectivity index (χ1v) is 6.71. The smallest absolute Gasteiger partial charge is 0.127 e. The molecule has 2 saturated carbocycles. The Morgan fingerprint density at radius 3 is 2.65 bits per heavy atom. The third kappa shape index (κ3) is 2.34. The molecule has 3 heteroatoms. The normalized spacial score (nSPS) is 32.3. The van der Waals surface area contributed by atoms with Crippen molar-refractivity contribution < 1.29 is 4.39 Å². The number of rotatable bonds is 3. The molecule has 0 heterocycles. The van der Waals surface area contributed by atoms with Crippen LogP contribution in [-0.2, 0) is 6.42 Å². The van der Waals surface area contributed by atoms with Gasteiger partial charge >= 0.3 is 0 Å². The van der Waals surface area contributed by atoms with Crippen molar-refractivity contribution in [3.63, 3.8) is 0 Å². The van der Waals surface area contributed by atoms with Gasteiger partial charge < -0.3 is 5.73 Å². The quantitative estimate of drug-likeness (QED) is 0.878. The molecular formula is C14H17ClFN. The summed E-state index contributed by atoms with van der Waals surface area (Å²) in [5.74, 6) is 2.23. The number of halogens is 2. The molecule has 1 aromatic rings. The van der Waals surface area contributed by atoms with Crippen LogP contribution in [0.3, 0.4) is 0 Å². The molecule has 2 N–H and O–H groups in total. The average molecular weight is 254 g/mol. The summed E-state index contributed by atoms with van der Waals surface area (Å²) in [4.78, 5) is 0. The van der Waals surface area contributed by atoms with Crippen LogP contribution in [0.1, 0.15) is 24.8 Å². The number of benzene rings is 1. The molecule has 92 valence electrons. The molecule has 1 aromatic carbocycles. The van der Waals surface area contributed by atoms with Crippen LogP contribution in [0.5, 0.6) is 0 Å². The molecule has 1 nitrogen and oxygen atoms in total. The van der Waals surface area contributed by atoms with Gasteiger partial charge in [0.1, 0.15) is 5.82 Å². The second-order valence-electron chi connectivity index (χ2n) is 5.59. The first-order valence-electron chi connectivity index (χ1n) is 6.33. The van der Waals surface area contributed by atoms with Crippen molar-refractivity contribution >= 4 is 11.6 Å². The SMILES string of the molecule is NC(Cc1ccc(Cl)cc1F)C1CC2CC2C1. The van der Waals surface area contributed by atoms with Crippen molar-refractivity contribution in [3.8, 4) is 0 Å². The summed E-state index contributed by atoms with van der Waals surface area (Å²) in [6, 6.07) is 4.96. The Morgan fingerprint density at radius 2 is 2.00 bits per heavy atom. The van der Waals surface area contributed by atoms with Crippen LogP contribution in [0.15, 0.2) is 18.2 Å². The van der Waals surface area contributed by atoms with E-state index in [9.17, 15) is 4.39 Å². The lowest BCUT2D eigenvalue weighted by atomic mass is 9.90. The van der Waals surface area contributed by atoms with E-state index < -0.39 is 0 Å². The van der Waals surface area contributed by atoms with Gasteiger partial charge in [0.15, 0.2) is 0 Å². The minimum absolute atomic E-state index is 0.0958. The van der Waals surface area contributed by atoms with Gasteiger partial charge in [0.2, 0.25) is 0 Å². The molecule has 0 aromatic heterocycles. The van der Waals surface area contributed by atoms with Gasteiger partial charge in [-0.1, -0.05) is 17.7 Å². The molecule has 3 unspecified atom stereocenters. The van der Waals surface area contributed by atoms with Crippen molar-refractivity contribution in [3.05, 3.63) is 34.6 Å².